The van der Waals surface area contributed by atoms with Gasteiger partial charge in [0.15, 0.2) is 0 Å². The first-order valence-corrected chi connectivity index (χ1v) is 20.6. The second-order valence-electron chi connectivity index (χ2n) is 9.19. The van der Waals surface area contributed by atoms with Crippen LogP contribution < -0.4 is 0 Å². The molecule has 0 spiro atoms. The molecule has 0 bridgehead atoms. The zero-order valence-electron chi connectivity index (χ0n) is 18.7. The molecule has 164 valence electrons. The Kier molecular flexibility index (Phi) is 9.04. The maximum atomic E-state index is 6.25. The Balaban J connectivity index is 0.000000858. The van der Waals surface area contributed by atoms with Crippen molar-refractivity contribution < 1.29 is 25.3 Å². The fourth-order valence-electron chi connectivity index (χ4n) is 4.98. The molecule has 0 aliphatic heterocycles. The number of hydrogen-bond donors (Lipinski definition) is 0. The van der Waals surface area contributed by atoms with Gasteiger partial charge in [-0.25, -0.2) is 6.61 Å². The van der Waals surface area contributed by atoms with E-state index >= 15 is 0 Å². The van der Waals surface area contributed by atoms with E-state index in [0.717, 1.165) is 12.8 Å². The first-order valence-electron chi connectivity index (χ1n) is 10.9. The van der Waals surface area contributed by atoms with E-state index in [-0.39, 0.29) is 5.41 Å². The Labute approximate surface area is 207 Å². The van der Waals surface area contributed by atoms with Crippen molar-refractivity contribution >= 4 is 37.5 Å². The van der Waals surface area contributed by atoms with Crippen molar-refractivity contribution in [3.05, 3.63) is 89.5 Å². The van der Waals surface area contributed by atoms with E-state index < -0.39 is 29.2 Å². The van der Waals surface area contributed by atoms with Crippen molar-refractivity contribution in [1.82, 2.24) is 0 Å². The summed E-state index contributed by atoms with van der Waals surface area (Å²) in [5.74, 6) is 0.798. The summed E-state index contributed by atoms with van der Waals surface area (Å²) in [5.41, 5.74) is 5.73. The normalized spacial score (nSPS) is 20.5. The van der Waals surface area contributed by atoms with Gasteiger partial charge >= 0.3 is 37.9 Å². The van der Waals surface area contributed by atoms with Gasteiger partial charge in [0.2, 0.25) is 0 Å². The summed E-state index contributed by atoms with van der Waals surface area (Å²) in [6.07, 6.45) is 11.6. The molecule has 0 saturated carbocycles. The number of hydrogen-bond acceptors (Lipinski definition) is 1. The molecule has 2 atom stereocenters. The number of rotatable bonds is 7. The zero-order chi connectivity index (χ0) is 22.5. The molecule has 0 amide bonds. The van der Waals surface area contributed by atoms with E-state index in [4.69, 9.17) is 21.5 Å². The Hall–Kier alpha value is -0.440. The van der Waals surface area contributed by atoms with E-state index in [1.807, 2.05) is 0 Å². The zero-order valence-corrected chi connectivity index (χ0v) is 23.7. The monoisotopic (exact) mass is 547 g/mol. The van der Waals surface area contributed by atoms with Crippen LogP contribution in [0.2, 0.25) is 19.6 Å². The molecule has 0 saturated heterocycles. The number of halogens is 2. The van der Waals surface area contributed by atoms with Gasteiger partial charge in [-0.05, 0) is 47.3 Å². The van der Waals surface area contributed by atoms with Gasteiger partial charge in [0, 0.05) is 11.8 Å². The van der Waals surface area contributed by atoms with Crippen molar-refractivity contribution in [3.63, 3.8) is 0 Å². The molecule has 0 radical (unpaired) electrons. The molecule has 2 aliphatic rings. The summed E-state index contributed by atoms with van der Waals surface area (Å²) in [5, 5.41) is 0. The van der Waals surface area contributed by atoms with Crippen molar-refractivity contribution in [2.45, 2.75) is 51.2 Å². The van der Waals surface area contributed by atoms with Crippen molar-refractivity contribution in [3.8, 4) is 0 Å². The van der Waals surface area contributed by atoms with E-state index in [0.29, 0.717) is 11.8 Å². The number of allylic oxidation sites excluding steroid dienone is 2. The molecule has 1 nitrogen and oxygen atoms in total. The first-order chi connectivity index (χ1) is 14.9. The van der Waals surface area contributed by atoms with Crippen LogP contribution in [0, 0.1) is 12.0 Å². The van der Waals surface area contributed by atoms with E-state index in [1.54, 1.807) is 0 Å². The predicted molar refractivity (Wildman–Crippen MR) is 134 cm³/mol. The fraction of sp³-hybridized carbons (Fsp3) is 0.346. The van der Waals surface area contributed by atoms with Crippen LogP contribution in [0.1, 0.15) is 53.9 Å². The summed E-state index contributed by atoms with van der Waals surface area (Å²) in [7, 11) is 8.28. The van der Waals surface area contributed by atoms with Gasteiger partial charge in [-0.15, -0.1) is 0 Å². The van der Waals surface area contributed by atoms with Crippen LogP contribution in [0.15, 0.2) is 60.7 Å². The number of fused-ring (bicyclic) bond motifs is 2. The van der Waals surface area contributed by atoms with Crippen LogP contribution >= 0.6 is 17.0 Å². The Morgan fingerprint density at radius 1 is 0.903 bits per heavy atom. The molecule has 2 aromatic carbocycles. The Morgan fingerprint density at radius 2 is 1.35 bits per heavy atom. The molecule has 2 aromatic rings. The standard InChI is InChI=1S/C26H31OSi.2ClH.Zr/c1-5-26(18-19-27-28(2,3)4,24-16-14-20-10-6-8-12-22(20)24)25-17-15-21-11-7-9-13-23(21)25;;;/h6-17,19,24-25H,5,18H2,1-4H3;2*1H;/q-1;;;+2/p-2. The van der Waals surface area contributed by atoms with Crippen LogP contribution in [-0.4, -0.2) is 8.32 Å². The summed E-state index contributed by atoms with van der Waals surface area (Å²) in [6.45, 7) is 11.3. The van der Waals surface area contributed by atoms with Crippen molar-refractivity contribution in [2.24, 2.45) is 5.41 Å². The molecule has 0 fully saturated rings. The minimum atomic E-state index is -1.58. The third-order valence-electron chi connectivity index (χ3n) is 6.40. The van der Waals surface area contributed by atoms with Gasteiger partial charge in [-0.2, -0.15) is 6.42 Å². The fourth-order valence-corrected chi connectivity index (χ4v) is 5.56. The second kappa shape index (κ2) is 11.1. The van der Waals surface area contributed by atoms with Gasteiger partial charge in [0.1, 0.15) is 8.32 Å². The molecule has 5 heteroatoms. The molecular weight excluding hydrogens is 519 g/mol. The van der Waals surface area contributed by atoms with Crippen LogP contribution in [0.5, 0.6) is 0 Å². The quantitative estimate of drug-likeness (QED) is 0.248. The third kappa shape index (κ3) is 5.74. The SMILES string of the molecule is CCC(C[CH-]O[Si](C)(C)C)(C1C=Cc2ccccc21)C1C=Cc2ccccc21.[Cl][Zr][Cl]. The van der Waals surface area contributed by atoms with Crippen LogP contribution in [-0.2, 0) is 25.3 Å². The molecule has 2 aliphatic carbocycles. The predicted octanol–water partition coefficient (Wildman–Crippen LogP) is 8.78. The summed E-state index contributed by atoms with van der Waals surface area (Å²) in [4.78, 5) is 0. The number of benzene rings is 2. The molecule has 4 rings (SSSR count). The van der Waals surface area contributed by atoms with E-state index in [1.165, 1.54) is 22.3 Å². The van der Waals surface area contributed by atoms with Gasteiger partial charge in [-0.1, -0.05) is 86.2 Å². The minimum absolute atomic E-state index is 0.0753. The summed E-state index contributed by atoms with van der Waals surface area (Å²) >= 11 is -0.826. The molecule has 31 heavy (non-hydrogen) atoms. The Bertz CT molecular complexity index is 873. The van der Waals surface area contributed by atoms with Crippen LogP contribution in [0.25, 0.3) is 12.2 Å². The van der Waals surface area contributed by atoms with Crippen molar-refractivity contribution in [2.75, 3.05) is 0 Å². The molecule has 2 unspecified atom stereocenters. The van der Waals surface area contributed by atoms with Gasteiger partial charge in [-0.3, -0.25) is 0 Å². The van der Waals surface area contributed by atoms with E-state index in [9.17, 15) is 0 Å². The molecule has 0 aromatic heterocycles. The third-order valence-corrected chi connectivity index (χ3v) is 7.27. The average Bonchev–Trinajstić information content (AvgIpc) is 3.37. The molecule has 0 heterocycles. The topological polar surface area (TPSA) is 9.23 Å². The van der Waals surface area contributed by atoms with Gasteiger partial charge in [0.05, 0.1) is 0 Å². The second-order valence-corrected chi connectivity index (χ2v) is 17.4. The van der Waals surface area contributed by atoms with Gasteiger partial charge < -0.3 is 4.43 Å². The average molecular weight is 550 g/mol. The summed E-state index contributed by atoms with van der Waals surface area (Å²) in [6, 6.07) is 17.8. The van der Waals surface area contributed by atoms with Crippen LogP contribution in [0.4, 0.5) is 0 Å². The van der Waals surface area contributed by atoms with E-state index in [2.05, 4.69) is 106 Å². The first kappa shape index (κ1) is 25.2. The summed E-state index contributed by atoms with van der Waals surface area (Å²) < 4.78 is 6.25. The van der Waals surface area contributed by atoms with Gasteiger partial charge in [0.25, 0.3) is 0 Å². The van der Waals surface area contributed by atoms with Crippen molar-refractivity contribution in [1.29, 1.82) is 0 Å². The molecule has 0 N–H and O–H groups in total. The van der Waals surface area contributed by atoms with Crippen LogP contribution in [0.3, 0.4) is 0 Å². The molecular formula is C26H31Cl2OSiZr-. The Morgan fingerprint density at radius 3 is 1.77 bits per heavy atom. The maximum absolute atomic E-state index is 6.25.